The van der Waals surface area contributed by atoms with Crippen molar-refractivity contribution in [2.75, 3.05) is 13.6 Å². The summed E-state index contributed by atoms with van der Waals surface area (Å²) in [4.78, 5) is 22.7. The summed E-state index contributed by atoms with van der Waals surface area (Å²) in [6.07, 6.45) is 4.43. The maximum atomic E-state index is 12.2. The number of likely N-dealkylation sites (N-methyl/N-ethyl adjacent to an activating group) is 1. The van der Waals surface area contributed by atoms with E-state index in [-0.39, 0.29) is 11.9 Å². The van der Waals surface area contributed by atoms with Gasteiger partial charge in [0, 0.05) is 38.3 Å². The molecule has 1 N–H and O–H groups in total. The van der Waals surface area contributed by atoms with E-state index >= 15 is 0 Å². The summed E-state index contributed by atoms with van der Waals surface area (Å²) in [6.45, 7) is 6.91. The van der Waals surface area contributed by atoms with Gasteiger partial charge in [-0.2, -0.15) is 4.98 Å². The van der Waals surface area contributed by atoms with Crippen molar-refractivity contribution in [2.45, 2.75) is 39.7 Å². The highest BCUT2D eigenvalue weighted by Gasteiger charge is 2.13. The third-order valence-electron chi connectivity index (χ3n) is 4.08. The number of nitrogens with one attached hydrogen (secondary N) is 1. The first-order valence-electron chi connectivity index (χ1n) is 8.68. The molecule has 0 unspecified atom stereocenters. The molecule has 0 aliphatic heterocycles. The maximum absolute atomic E-state index is 12.2. The molecule has 3 aromatic rings. The number of pyridine rings is 1. The van der Waals surface area contributed by atoms with Gasteiger partial charge in [0.15, 0.2) is 5.82 Å². The molecule has 0 atom stereocenters. The Kier molecular flexibility index (Phi) is 5.20. The summed E-state index contributed by atoms with van der Waals surface area (Å²) < 4.78 is 7.12. The van der Waals surface area contributed by atoms with Crippen LogP contribution in [0.2, 0.25) is 0 Å². The van der Waals surface area contributed by atoms with Gasteiger partial charge in [0.2, 0.25) is 5.89 Å². The molecule has 8 heteroatoms. The van der Waals surface area contributed by atoms with Gasteiger partial charge in [-0.1, -0.05) is 19.0 Å². The van der Waals surface area contributed by atoms with E-state index in [9.17, 15) is 4.79 Å². The summed E-state index contributed by atoms with van der Waals surface area (Å²) in [7, 11) is 1.74. The van der Waals surface area contributed by atoms with Crippen LogP contribution < -0.4 is 5.32 Å². The Hall–Kier alpha value is -2.90. The van der Waals surface area contributed by atoms with Crippen molar-refractivity contribution in [1.82, 2.24) is 29.7 Å². The number of fused-ring (bicyclic) bond motifs is 1. The maximum Gasteiger partial charge on any atom is 0.317 e. The normalized spacial score (nSPS) is 11.3. The van der Waals surface area contributed by atoms with Crippen molar-refractivity contribution in [1.29, 1.82) is 0 Å². The van der Waals surface area contributed by atoms with Crippen molar-refractivity contribution in [3.8, 4) is 0 Å². The molecule has 0 aromatic carbocycles. The molecule has 0 fully saturated rings. The Balaban J connectivity index is 1.50. The topological polar surface area (TPSA) is 88.6 Å². The molecule has 0 radical (unpaired) electrons. The minimum Gasteiger partial charge on any atom is -0.339 e. The lowest BCUT2D eigenvalue weighted by Gasteiger charge is -2.16. The number of urea groups is 1. The van der Waals surface area contributed by atoms with Crippen LogP contribution in [0, 0.1) is 6.92 Å². The van der Waals surface area contributed by atoms with Crippen LogP contribution in [0.25, 0.3) is 5.65 Å². The smallest absolute Gasteiger partial charge is 0.317 e. The van der Waals surface area contributed by atoms with Crippen LogP contribution in [0.5, 0.6) is 0 Å². The minimum absolute atomic E-state index is 0.161. The summed E-state index contributed by atoms with van der Waals surface area (Å²) in [5.41, 5.74) is 2.85. The fourth-order valence-corrected chi connectivity index (χ4v) is 2.50. The molecular formula is C18H24N6O2. The predicted octanol–water partition coefficient (Wildman–Crippen LogP) is 2.53. The molecule has 0 saturated heterocycles. The summed E-state index contributed by atoms with van der Waals surface area (Å²) in [6, 6.07) is 3.87. The molecule has 0 aliphatic rings. The van der Waals surface area contributed by atoms with Crippen molar-refractivity contribution in [2.24, 2.45) is 0 Å². The Bertz CT molecular complexity index is 898. The van der Waals surface area contributed by atoms with Gasteiger partial charge in [-0.25, -0.2) is 9.78 Å². The number of imidazole rings is 1. The van der Waals surface area contributed by atoms with E-state index in [0.717, 1.165) is 16.9 Å². The number of hydrogen-bond acceptors (Lipinski definition) is 5. The number of hydrogen-bond donors (Lipinski definition) is 1. The third kappa shape index (κ3) is 4.19. The number of amides is 2. The highest BCUT2D eigenvalue weighted by atomic mass is 16.5. The van der Waals surface area contributed by atoms with Gasteiger partial charge in [0.1, 0.15) is 5.65 Å². The Labute approximate surface area is 152 Å². The van der Waals surface area contributed by atoms with Gasteiger partial charge in [0.25, 0.3) is 0 Å². The molecule has 0 bridgehead atoms. The van der Waals surface area contributed by atoms with Crippen LogP contribution in [0.15, 0.2) is 29.0 Å². The number of aryl methyl sites for hydroxylation is 1. The van der Waals surface area contributed by atoms with Crippen LogP contribution >= 0.6 is 0 Å². The lowest BCUT2D eigenvalue weighted by molar-refractivity contribution is 0.208. The predicted molar refractivity (Wildman–Crippen MR) is 96.9 cm³/mol. The van der Waals surface area contributed by atoms with Gasteiger partial charge in [-0.3, -0.25) is 0 Å². The van der Waals surface area contributed by atoms with Gasteiger partial charge >= 0.3 is 6.03 Å². The van der Waals surface area contributed by atoms with Gasteiger partial charge in [0.05, 0.1) is 12.2 Å². The van der Waals surface area contributed by atoms with E-state index in [4.69, 9.17) is 4.52 Å². The molecular weight excluding hydrogens is 332 g/mol. The molecule has 3 rings (SSSR count). The van der Waals surface area contributed by atoms with Crippen molar-refractivity contribution in [3.63, 3.8) is 0 Å². The van der Waals surface area contributed by atoms with E-state index in [0.29, 0.717) is 31.2 Å². The SMILES string of the molecule is Cc1ccn2cc(CNC(=O)N(C)CCc3noc(C(C)C)n3)nc2c1. The number of rotatable bonds is 6. The molecule has 3 aromatic heterocycles. The summed E-state index contributed by atoms with van der Waals surface area (Å²) >= 11 is 0. The van der Waals surface area contributed by atoms with Gasteiger partial charge in [-0.15, -0.1) is 0 Å². The van der Waals surface area contributed by atoms with Crippen LogP contribution in [0.1, 0.15) is 42.7 Å². The molecule has 3 heterocycles. The second kappa shape index (κ2) is 7.55. The molecule has 0 spiro atoms. The molecule has 8 nitrogen and oxygen atoms in total. The standard InChI is InChI=1S/C18H24N6O2/c1-12(2)17-21-15(22-26-17)6-7-23(4)18(25)19-10-14-11-24-8-5-13(3)9-16(24)20-14/h5,8-9,11-12H,6-7,10H2,1-4H3,(H,19,25). The molecule has 0 aliphatic carbocycles. The van der Waals surface area contributed by atoms with Crippen LogP contribution in [0.3, 0.4) is 0 Å². The van der Waals surface area contributed by atoms with E-state index in [1.54, 1.807) is 11.9 Å². The number of aromatic nitrogens is 4. The van der Waals surface area contributed by atoms with E-state index in [1.807, 2.05) is 49.7 Å². The van der Waals surface area contributed by atoms with Crippen molar-refractivity contribution >= 4 is 11.7 Å². The zero-order valence-corrected chi connectivity index (χ0v) is 15.6. The van der Waals surface area contributed by atoms with Crippen LogP contribution in [-0.4, -0.2) is 44.0 Å². The van der Waals surface area contributed by atoms with Gasteiger partial charge in [-0.05, 0) is 24.6 Å². The van der Waals surface area contributed by atoms with Crippen LogP contribution in [0.4, 0.5) is 4.79 Å². The fraction of sp³-hybridized carbons (Fsp3) is 0.444. The van der Waals surface area contributed by atoms with Crippen molar-refractivity contribution < 1.29 is 9.32 Å². The second-order valence-corrected chi connectivity index (χ2v) is 6.74. The van der Waals surface area contributed by atoms with E-state index < -0.39 is 0 Å². The van der Waals surface area contributed by atoms with E-state index in [2.05, 4.69) is 20.4 Å². The monoisotopic (exact) mass is 356 g/mol. The number of carbonyl (C=O) groups is 1. The van der Waals surface area contributed by atoms with Crippen molar-refractivity contribution in [3.05, 3.63) is 47.5 Å². The number of carbonyl (C=O) groups excluding carboxylic acids is 1. The summed E-state index contributed by atoms with van der Waals surface area (Å²) in [5, 5.41) is 6.82. The lowest BCUT2D eigenvalue weighted by Crippen LogP contribution is -2.38. The Morgan fingerprint density at radius 3 is 2.92 bits per heavy atom. The highest BCUT2D eigenvalue weighted by Crippen LogP contribution is 2.11. The minimum atomic E-state index is -0.161. The molecule has 26 heavy (non-hydrogen) atoms. The average molecular weight is 356 g/mol. The highest BCUT2D eigenvalue weighted by molar-refractivity contribution is 5.73. The largest absolute Gasteiger partial charge is 0.339 e. The zero-order valence-electron chi connectivity index (χ0n) is 15.6. The fourth-order valence-electron chi connectivity index (χ4n) is 2.50. The first-order valence-corrected chi connectivity index (χ1v) is 8.68. The Morgan fingerprint density at radius 2 is 2.19 bits per heavy atom. The quantitative estimate of drug-likeness (QED) is 0.733. The molecule has 138 valence electrons. The first kappa shape index (κ1) is 17.9. The molecule has 0 saturated carbocycles. The van der Waals surface area contributed by atoms with Gasteiger partial charge < -0.3 is 19.1 Å². The first-order chi connectivity index (χ1) is 12.4. The van der Waals surface area contributed by atoms with Crippen LogP contribution in [-0.2, 0) is 13.0 Å². The Morgan fingerprint density at radius 1 is 1.38 bits per heavy atom. The third-order valence-corrected chi connectivity index (χ3v) is 4.08. The molecule has 2 amide bonds. The number of nitrogens with zero attached hydrogens (tertiary/aromatic N) is 5. The lowest BCUT2D eigenvalue weighted by atomic mass is 10.2. The second-order valence-electron chi connectivity index (χ2n) is 6.74. The summed E-state index contributed by atoms with van der Waals surface area (Å²) in [5.74, 6) is 1.43. The zero-order chi connectivity index (χ0) is 18.7. The average Bonchev–Trinajstić information content (AvgIpc) is 3.23. The van der Waals surface area contributed by atoms with E-state index in [1.165, 1.54) is 0 Å².